The van der Waals surface area contributed by atoms with E-state index < -0.39 is 5.72 Å². The van der Waals surface area contributed by atoms with Crippen LogP contribution in [0, 0.1) is 0 Å². The minimum atomic E-state index is -1.23. The average Bonchev–Trinajstić information content (AvgIpc) is 2.38. The number of rotatable bonds is 4. The number of aliphatic hydroxyl groups is 1. The van der Waals surface area contributed by atoms with Gasteiger partial charge in [-0.25, -0.2) is 4.79 Å². The molecule has 1 heterocycles. The van der Waals surface area contributed by atoms with E-state index in [4.69, 9.17) is 11.6 Å². The predicted octanol–water partition coefficient (Wildman–Crippen LogP) is 4.26. The Morgan fingerprint density at radius 1 is 1.23 bits per heavy atom. The minimum absolute atomic E-state index is 0.156. The van der Waals surface area contributed by atoms with Crippen molar-refractivity contribution in [3.8, 4) is 0 Å². The van der Waals surface area contributed by atoms with Gasteiger partial charge in [-0.05, 0) is 51.5 Å². The highest BCUT2D eigenvalue weighted by Gasteiger charge is 2.50. The highest BCUT2D eigenvalue weighted by molar-refractivity contribution is 6.30. The van der Waals surface area contributed by atoms with E-state index in [1.807, 2.05) is 18.7 Å². The molecule has 1 aromatic rings. The predicted molar refractivity (Wildman–Crippen MR) is 90.3 cm³/mol. The van der Waals surface area contributed by atoms with Crippen LogP contribution >= 0.6 is 11.6 Å². The molecule has 0 aromatic heterocycles. The molecule has 0 unspecified atom stereocenters. The molecule has 4 nitrogen and oxygen atoms in total. The van der Waals surface area contributed by atoms with E-state index in [9.17, 15) is 9.90 Å². The number of halogens is 1. The molecule has 0 bridgehead atoms. The summed E-state index contributed by atoms with van der Waals surface area (Å²) in [6, 6.07) is 6.85. The van der Waals surface area contributed by atoms with E-state index in [-0.39, 0.29) is 11.6 Å². The Hall–Kier alpha value is -1.26. The largest absolute Gasteiger partial charge is 0.371 e. The van der Waals surface area contributed by atoms with E-state index in [1.54, 1.807) is 31.2 Å². The summed E-state index contributed by atoms with van der Waals surface area (Å²) < 4.78 is 0. The SMILES string of the molecule is CCCCN1C(=O)N(c2ccc(Cl)cc2)[C@@](C)(O)CC1(C)C. The molecule has 2 rings (SSSR count). The summed E-state index contributed by atoms with van der Waals surface area (Å²) in [5.41, 5.74) is -0.938. The molecule has 1 atom stereocenters. The van der Waals surface area contributed by atoms with Crippen LogP contribution in [-0.4, -0.2) is 33.8 Å². The first-order valence-electron chi connectivity index (χ1n) is 7.79. The normalized spacial score (nSPS) is 24.7. The molecule has 0 radical (unpaired) electrons. The zero-order valence-corrected chi connectivity index (χ0v) is 14.5. The highest BCUT2D eigenvalue weighted by Crippen LogP contribution is 2.39. The van der Waals surface area contributed by atoms with Crippen LogP contribution in [0.15, 0.2) is 24.3 Å². The highest BCUT2D eigenvalue weighted by atomic mass is 35.5. The third kappa shape index (κ3) is 3.23. The molecule has 1 aliphatic rings. The fraction of sp³-hybridized carbons (Fsp3) is 0.588. The second-order valence-electron chi connectivity index (χ2n) is 6.81. The number of amides is 2. The van der Waals surface area contributed by atoms with Crippen molar-refractivity contribution in [2.24, 2.45) is 0 Å². The molecule has 0 spiro atoms. The molecule has 1 N–H and O–H groups in total. The number of carbonyl (C=O) groups excluding carboxylic acids is 1. The Morgan fingerprint density at radius 3 is 2.36 bits per heavy atom. The Kier molecular flexibility index (Phi) is 4.73. The van der Waals surface area contributed by atoms with Crippen molar-refractivity contribution >= 4 is 23.3 Å². The van der Waals surface area contributed by atoms with Crippen molar-refractivity contribution in [1.82, 2.24) is 4.90 Å². The van der Waals surface area contributed by atoms with Gasteiger partial charge in [0.2, 0.25) is 0 Å². The molecule has 1 fully saturated rings. The van der Waals surface area contributed by atoms with E-state index >= 15 is 0 Å². The number of benzene rings is 1. The standard InChI is InChI=1S/C17H25ClN2O2/c1-5-6-11-19-15(21)20(14-9-7-13(18)8-10-14)17(4,22)12-16(19,2)3/h7-10,22H,5-6,11-12H2,1-4H3/t17-/m0/s1. The van der Waals surface area contributed by atoms with Crippen molar-refractivity contribution in [1.29, 1.82) is 0 Å². The Labute approximate surface area is 137 Å². The van der Waals surface area contributed by atoms with Crippen LogP contribution < -0.4 is 4.90 Å². The molecule has 0 aliphatic carbocycles. The summed E-state index contributed by atoms with van der Waals surface area (Å²) in [6.07, 6.45) is 2.46. The van der Waals surface area contributed by atoms with E-state index in [1.165, 1.54) is 4.90 Å². The lowest BCUT2D eigenvalue weighted by Crippen LogP contribution is -2.68. The molecular formula is C17H25ClN2O2. The second-order valence-corrected chi connectivity index (χ2v) is 7.24. The number of nitrogens with zero attached hydrogens (tertiary/aromatic N) is 2. The first-order chi connectivity index (χ1) is 10.2. The molecule has 0 saturated carbocycles. The monoisotopic (exact) mass is 324 g/mol. The molecule has 1 aromatic carbocycles. The smallest absolute Gasteiger partial charge is 0.327 e. The van der Waals surface area contributed by atoms with Gasteiger partial charge < -0.3 is 10.0 Å². The maximum atomic E-state index is 13.0. The number of unbranched alkanes of at least 4 members (excludes halogenated alkanes) is 1. The van der Waals surface area contributed by atoms with Crippen LogP contribution in [-0.2, 0) is 0 Å². The molecule has 5 heteroatoms. The third-order valence-electron chi connectivity index (χ3n) is 4.22. The Balaban J connectivity index is 2.39. The van der Waals surface area contributed by atoms with Crippen molar-refractivity contribution in [2.45, 2.75) is 58.2 Å². The van der Waals surface area contributed by atoms with Crippen molar-refractivity contribution in [2.75, 3.05) is 11.4 Å². The molecule has 1 aliphatic heterocycles. The van der Waals surface area contributed by atoms with Crippen molar-refractivity contribution < 1.29 is 9.90 Å². The summed E-state index contributed by atoms with van der Waals surface area (Å²) in [5.74, 6) is 0. The quantitative estimate of drug-likeness (QED) is 0.899. The maximum Gasteiger partial charge on any atom is 0.327 e. The van der Waals surface area contributed by atoms with Crippen molar-refractivity contribution in [3.63, 3.8) is 0 Å². The third-order valence-corrected chi connectivity index (χ3v) is 4.47. The lowest BCUT2D eigenvalue weighted by Gasteiger charge is -2.53. The van der Waals surface area contributed by atoms with Gasteiger partial charge in [-0.15, -0.1) is 0 Å². The topological polar surface area (TPSA) is 43.8 Å². The van der Waals surface area contributed by atoms with E-state index in [0.29, 0.717) is 23.7 Å². The van der Waals surface area contributed by atoms with Crippen LogP contribution in [0.3, 0.4) is 0 Å². The first kappa shape index (κ1) is 17.1. The van der Waals surface area contributed by atoms with Gasteiger partial charge >= 0.3 is 6.03 Å². The zero-order valence-electron chi connectivity index (χ0n) is 13.8. The summed E-state index contributed by atoms with van der Waals surface area (Å²) >= 11 is 5.92. The zero-order chi connectivity index (χ0) is 16.5. The number of anilines is 1. The molecule has 1 saturated heterocycles. The van der Waals surface area contributed by atoms with Gasteiger partial charge in [-0.1, -0.05) is 24.9 Å². The number of carbonyl (C=O) groups is 1. The Bertz CT molecular complexity index is 540. The van der Waals surface area contributed by atoms with Gasteiger partial charge in [-0.3, -0.25) is 4.90 Å². The fourth-order valence-corrected chi connectivity index (χ4v) is 3.40. The lowest BCUT2D eigenvalue weighted by atomic mass is 9.87. The summed E-state index contributed by atoms with van der Waals surface area (Å²) in [4.78, 5) is 16.3. The van der Waals surface area contributed by atoms with Crippen LogP contribution in [0.1, 0.15) is 47.0 Å². The Morgan fingerprint density at radius 2 is 1.82 bits per heavy atom. The molecule has 22 heavy (non-hydrogen) atoms. The van der Waals surface area contributed by atoms with Crippen LogP contribution in [0.25, 0.3) is 0 Å². The summed E-state index contributed by atoms with van der Waals surface area (Å²) in [5, 5.41) is 11.5. The van der Waals surface area contributed by atoms with Gasteiger partial charge in [0.25, 0.3) is 0 Å². The van der Waals surface area contributed by atoms with Crippen molar-refractivity contribution in [3.05, 3.63) is 29.3 Å². The van der Waals surface area contributed by atoms with Gasteiger partial charge in [-0.2, -0.15) is 0 Å². The summed E-state index contributed by atoms with van der Waals surface area (Å²) in [6.45, 7) is 8.51. The van der Waals surface area contributed by atoms with Crippen LogP contribution in [0.2, 0.25) is 5.02 Å². The molecule has 122 valence electrons. The lowest BCUT2D eigenvalue weighted by molar-refractivity contribution is -0.0255. The fourth-order valence-electron chi connectivity index (χ4n) is 3.27. The van der Waals surface area contributed by atoms with Gasteiger partial charge in [0.1, 0.15) is 5.72 Å². The van der Waals surface area contributed by atoms with Gasteiger partial charge in [0.15, 0.2) is 0 Å². The second kappa shape index (κ2) is 6.09. The summed E-state index contributed by atoms with van der Waals surface area (Å²) in [7, 11) is 0. The van der Waals surface area contributed by atoms with Gasteiger partial charge in [0, 0.05) is 29.2 Å². The van der Waals surface area contributed by atoms with Crippen LogP contribution in [0.4, 0.5) is 10.5 Å². The first-order valence-corrected chi connectivity index (χ1v) is 8.16. The van der Waals surface area contributed by atoms with E-state index in [2.05, 4.69) is 6.92 Å². The molecular weight excluding hydrogens is 300 g/mol. The van der Waals surface area contributed by atoms with E-state index in [0.717, 1.165) is 12.8 Å². The average molecular weight is 325 g/mol. The number of hydrogen-bond donors (Lipinski definition) is 1. The number of urea groups is 1. The maximum absolute atomic E-state index is 13.0. The molecule has 2 amide bonds. The minimum Gasteiger partial charge on any atom is -0.371 e. The van der Waals surface area contributed by atoms with Gasteiger partial charge in [0.05, 0.1) is 0 Å². The number of hydrogen-bond acceptors (Lipinski definition) is 2. The van der Waals surface area contributed by atoms with Crippen LogP contribution in [0.5, 0.6) is 0 Å².